The van der Waals surface area contributed by atoms with E-state index in [-0.39, 0.29) is 11.7 Å². The van der Waals surface area contributed by atoms with Gasteiger partial charge in [-0.05, 0) is 37.3 Å². The maximum Gasteiger partial charge on any atom is 0.292 e. The number of nitrogens with zero attached hydrogens (tertiary/aromatic N) is 1. The molecule has 0 aliphatic heterocycles. The van der Waals surface area contributed by atoms with Crippen molar-refractivity contribution in [3.05, 3.63) is 54.1 Å². The number of hydrogen-bond acceptors (Lipinski definition) is 4. The van der Waals surface area contributed by atoms with Gasteiger partial charge in [0, 0.05) is 5.39 Å². The summed E-state index contributed by atoms with van der Waals surface area (Å²) in [5, 5.41) is 20.2. The Bertz CT molecular complexity index is 788. The number of phenolic OH excluding ortho intramolecular Hbond substituents is 1. The van der Waals surface area contributed by atoms with E-state index in [9.17, 15) is 10.2 Å². The lowest BCUT2D eigenvalue weighted by Crippen LogP contribution is -1.92. The number of benzene rings is 2. The van der Waals surface area contributed by atoms with Crippen LogP contribution in [0.4, 0.5) is 5.69 Å². The fourth-order valence-electron chi connectivity index (χ4n) is 2.17. The largest absolute Gasteiger partial charge is 0.508 e. The third-order valence-electron chi connectivity index (χ3n) is 3.07. The van der Waals surface area contributed by atoms with Crippen LogP contribution in [0, 0.1) is 0 Å². The molecule has 1 heterocycles. The van der Waals surface area contributed by atoms with Crippen molar-refractivity contribution in [2.75, 3.05) is 0 Å². The number of hydrogen-bond donors (Lipinski definition) is 2. The number of fused-ring (bicyclic) bond motifs is 1. The Labute approximate surface area is 115 Å². The van der Waals surface area contributed by atoms with Gasteiger partial charge in [-0.25, -0.2) is 0 Å². The maximum absolute atomic E-state index is 9.94. The van der Waals surface area contributed by atoms with Crippen molar-refractivity contribution in [1.82, 2.24) is 0 Å². The van der Waals surface area contributed by atoms with E-state index >= 15 is 0 Å². The van der Waals surface area contributed by atoms with E-state index < -0.39 is 0 Å². The predicted molar refractivity (Wildman–Crippen MR) is 77.9 cm³/mol. The first-order valence-corrected chi connectivity index (χ1v) is 6.20. The summed E-state index contributed by atoms with van der Waals surface area (Å²) < 4.78 is 5.28. The molecule has 3 rings (SSSR count). The lowest BCUT2D eigenvalue weighted by atomic mass is 10.1. The summed E-state index contributed by atoms with van der Waals surface area (Å²) in [5.41, 5.74) is 2.43. The summed E-state index contributed by atoms with van der Waals surface area (Å²) in [6.07, 6.45) is 0. The fraction of sp³-hybridized carbons (Fsp3) is 0.0625. The molecule has 4 nitrogen and oxygen atoms in total. The van der Waals surface area contributed by atoms with Gasteiger partial charge < -0.3 is 14.6 Å². The minimum absolute atomic E-state index is 0.118. The highest BCUT2D eigenvalue weighted by molar-refractivity contribution is 6.12. The average Bonchev–Trinajstić information content (AvgIpc) is 2.75. The first-order chi connectivity index (χ1) is 9.65. The van der Waals surface area contributed by atoms with E-state index in [0.717, 1.165) is 5.69 Å². The summed E-state index contributed by atoms with van der Waals surface area (Å²) in [6, 6.07) is 14.1. The van der Waals surface area contributed by atoms with Gasteiger partial charge in [0.1, 0.15) is 11.3 Å². The third-order valence-corrected chi connectivity index (χ3v) is 3.07. The molecule has 0 fully saturated rings. The van der Waals surface area contributed by atoms with E-state index in [0.29, 0.717) is 22.2 Å². The molecule has 0 spiro atoms. The quantitative estimate of drug-likeness (QED) is 0.690. The Hall–Kier alpha value is -2.75. The standard InChI is InChI=1S/C16H13NO3/c1-10(17-11-5-3-2-4-6-11)15-13-9-12(18)7-8-14(13)20-16(15)19/h2-9,18-19H,1H3. The molecule has 1 aromatic heterocycles. The highest BCUT2D eigenvalue weighted by Crippen LogP contribution is 2.34. The van der Waals surface area contributed by atoms with Crippen molar-refractivity contribution in [1.29, 1.82) is 0 Å². The van der Waals surface area contributed by atoms with Crippen LogP contribution in [0.15, 0.2) is 57.9 Å². The second-order valence-corrected chi connectivity index (χ2v) is 4.50. The van der Waals surface area contributed by atoms with Crippen LogP contribution in [0.2, 0.25) is 0 Å². The molecule has 0 atom stereocenters. The van der Waals surface area contributed by atoms with Gasteiger partial charge in [-0.1, -0.05) is 18.2 Å². The van der Waals surface area contributed by atoms with Crippen LogP contribution in [-0.2, 0) is 0 Å². The van der Waals surface area contributed by atoms with Crippen LogP contribution in [0.3, 0.4) is 0 Å². The lowest BCUT2D eigenvalue weighted by Gasteiger charge is -2.00. The number of phenols is 1. The number of para-hydroxylation sites is 1. The Balaban J connectivity index is 2.16. The number of aromatic hydroxyl groups is 2. The van der Waals surface area contributed by atoms with Gasteiger partial charge in [-0.2, -0.15) is 0 Å². The van der Waals surface area contributed by atoms with Gasteiger partial charge in [0.25, 0.3) is 5.95 Å². The molecule has 3 aromatic rings. The molecule has 100 valence electrons. The van der Waals surface area contributed by atoms with Crippen LogP contribution in [0.5, 0.6) is 11.7 Å². The SMILES string of the molecule is CC(=Nc1ccccc1)c1c(O)oc2ccc(O)cc12. The second kappa shape index (κ2) is 4.74. The molecule has 0 unspecified atom stereocenters. The molecule has 0 aliphatic rings. The molecule has 0 radical (unpaired) electrons. The monoisotopic (exact) mass is 267 g/mol. The summed E-state index contributed by atoms with van der Waals surface area (Å²) in [7, 11) is 0. The summed E-state index contributed by atoms with van der Waals surface area (Å²) >= 11 is 0. The highest BCUT2D eigenvalue weighted by atomic mass is 16.5. The summed E-state index contributed by atoms with van der Waals surface area (Å²) in [5.74, 6) is -0.0742. The van der Waals surface area contributed by atoms with Gasteiger partial charge in [0.15, 0.2) is 0 Å². The first kappa shape index (κ1) is 12.3. The van der Waals surface area contributed by atoms with Crippen LogP contribution >= 0.6 is 0 Å². The molecule has 20 heavy (non-hydrogen) atoms. The van der Waals surface area contributed by atoms with Crippen molar-refractivity contribution in [3.63, 3.8) is 0 Å². The molecule has 0 aliphatic carbocycles. The van der Waals surface area contributed by atoms with E-state index in [1.54, 1.807) is 19.1 Å². The van der Waals surface area contributed by atoms with Crippen LogP contribution in [0.1, 0.15) is 12.5 Å². The molecule has 2 N–H and O–H groups in total. The van der Waals surface area contributed by atoms with Gasteiger partial charge in [0.2, 0.25) is 0 Å². The normalized spacial score (nSPS) is 11.9. The topological polar surface area (TPSA) is 66.0 Å². The summed E-state index contributed by atoms with van der Waals surface area (Å²) in [4.78, 5) is 4.46. The molecule has 4 heteroatoms. The van der Waals surface area contributed by atoms with Crippen molar-refractivity contribution in [2.24, 2.45) is 4.99 Å². The van der Waals surface area contributed by atoms with E-state index in [1.165, 1.54) is 6.07 Å². The average molecular weight is 267 g/mol. The predicted octanol–water partition coefficient (Wildman–Crippen LogP) is 3.98. The Morgan fingerprint density at radius 3 is 2.55 bits per heavy atom. The van der Waals surface area contributed by atoms with Crippen molar-refractivity contribution in [3.8, 4) is 11.7 Å². The van der Waals surface area contributed by atoms with Crippen molar-refractivity contribution < 1.29 is 14.6 Å². The summed E-state index contributed by atoms with van der Waals surface area (Å²) in [6.45, 7) is 1.79. The van der Waals surface area contributed by atoms with Crippen molar-refractivity contribution >= 4 is 22.4 Å². The molecule has 0 saturated heterocycles. The molecule has 0 saturated carbocycles. The van der Waals surface area contributed by atoms with Gasteiger partial charge in [-0.15, -0.1) is 0 Å². The number of aliphatic imine (C=N–C) groups is 1. The molecule has 2 aromatic carbocycles. The van der Waals surface area contributed by atoms with Gasteiger partial charge >= 0.3 is 0 Å². The molecule has 0 bridgehead atoms. The zero-order valence-electron chi connectivity index (χ0n) is 10.9. The second-order valence-electron chi connectivity index (χ2n) is 4.50. The first-order valence-electron chi connectivity index (χ1n) is 6.20. The van der Waals surface area contributed by atoms with E-state index in [1.807, 2.05) is 30.3 Å². The van der Waals surface area contributed by atoms with Gasteiger partial charge in [-0.3, -0.25) is 4.99 Å². The van der Waals surface area contributed by atoms with Crippen molar-refractivity contribution in [2.45, 2.75) is 6.92 Å². The minimum Gasteiger partial charge on any atom is -0.508 e. The lowest BCUT2D eigenvalue weighted by molar-refractivity contribution is 0.345. The van der Waals surface area contributed by atoms with E-state index in [2.05, 4.69) is 4.99 Å². The maximum atomic E-state index is 9.94. The molecule has 0 amide bonds. The Kier molecular flexibility index (Phi) is 2.91. The van der Waals surface area contributed by atoms with Crippen LogP contribution < -0.4 is 0 Å². The zero-order chi connectivity index (χ0) is 14.1. The van der Waals surface area contributed by atoms with Gasteiger partial charge in [0.05, 0.1) is 17.0 Å². The fourth-order valence-corrected chi connectivity index (χ4v) is 2.17. The third kappa shape index (κ3) is 2.12. The molecular formula is C16H13NO3. The van der Waals surface area contributed by atoms with Crippen LogP contribution in [0.25, 0.3) is 11.0 Å². The van der Waals surface area contributed by atoms with Crippen LogP contribution in [-0.4, -0.2) is 15.9 Å². The number of furan rings is 1. The molecular weight excluding hydrogens is 254 g/mol. The highest BCUT2D eigenvalue weighted by Gasteiger charge is 2.16. The number of rotatable bonds is 2. The smallest absolute Gasteiger partial charge is 0.292 e. The zero-order valence-corrected chi connectivity index (χ0v) is 10.9. The Morgan fingerprint density at radius 1 is 1.05 bits per heavy atom. The Morgan fingerprint density at radius 2 is 1.80 bits per heavy atom. The van der Waals surface area contributed by atoms with E-state index in [4.69, 9.17) is 4.42 Å². The minimum atomic E-state index is -0.192.